The van der Waals surface area contributed by atoms with Crippen molar-refractivity contribution in [2.24, 2.45) is 0 Å². The molecule has 8 heteroatoms. The highest BCUT2D eigenvalue weighted by atomic mass is 32.2. The maximum Gasteiger partial charge on any atom is 0.327 e. The summed E-state index contributed by atoms with van der Waals surface area (Å²) in [4.78, 5) is 26.2. The second-order valence-corrected chi connectivity index (χ2v) is 7.70. The first kappa shape index (κ1) is 19.9. The van der Waals surface area contributed by atoms with Crippen molar-refractivity contribution in [1.29, 1.82) is 0 Å². The molecule has 1 fully saturated rings. The minimum absolute atomic E-state index is 0.0130. The number of methoxy groups -OCH3 is 1. The van der Waals surface area contributed by atoms with Crippen LogP contribution < -0.4 is 4.74 Å². The first-order valence-corrected chi connectivity index (χ1v) is 9.54. The SMILES string of the molecule is COc1cc(/C=C2/SC(=S)N(C(Cc3ccccc3)C(=O)O)C2=O)ccc1O. The number of carboxylic acids is 1. The Labute approximate surface area is 171 Å². The zero-order valence-electron chi connectivity index (χ0n) is 14.9. The summed E-state index contributed by atoms with van der Waals surface area (Å²) in [5.41, 5.74) is 1.43. The molecule has 2 aromatic carbocycles. The monoisotopic (exact) mass is 415 g/mol. The van der Waals surface area contributed by atoms with Gasteiger partial charge in [0.1, 0.15) is 10.4 Å². The number of carbonyl (C=O) groups excluding carboxylic acids is 1. The van der Waals surface area contributed by atoms with Gasteiger partial charge < -0.3 is 14.9 Å². The Morgan fingerprint density at radius 2 is 2.00 bits per heavy atom. The maximum atomic E-state index is 12.9. The quantitative estimate of drug-likeness (QED) is 0.553. The number of thioether (sulfide) groups is 1. The number of benzene rings is 2. The highest BCUT2D eigenvalue weighted by Crippen LogP contribution is 2.36. The molecule has 0 spiro atoms. The van der Waals surface area contributed by atoms with Crippen LogP contribution in [-0.4, -0.2) is 44.5 Å². The fourth-order valence-electron chi connectivity index (χ4n) is 2.81. The molecule has 144 valence electrons. The van der Waals surface area contributed by atoms with Gasteiger partial charge in [0.25, 0.3) is 5.91 Å². The van der Waals surface area contributed by atoms with Gasteiger partial charge in [0.05, 0.1) is 12.0 Å². The van der Waals surface area contributed by atoms with E-state index in [-0.39, 0.29) is 22.2 Å². The van der Waals surface area contributed by atoms with E-state index in [9.17, 15) is 19.8 Å². The topological polar surface area (TPSA) is 87.1 Å². The summed E-state index contributed by atoms with van der Waals surface area (Å²) < 4.78 is 5.27. The summed E-state index contributed by atoms with van der Waals surface area (Å²) in [6, 6.07) is 12.7. The van der Waals surface area contributed by atoms with Crippen LogP contribution in [0.2, 0.25) is 0 Å². The molecule has 1 amide bonds. The van der Waals surface area contributed by atoms with Gasteiger partial charge in [-0.2, -0.15) is 0 Å². The first-order chi connectivity index (χ1) is 13.4. The van der Waals surface area contributed by atoms with Gasteiger partial charge in [-0.05, 0) is 29.3 Å². The molecule has 1 unspecified atom stereocenters. The number of phenols is 1. The summed E-state index contributed by atoms with van der Waals surface area (Å²) in [5, 5.41) is 19.4. The number of rotatable bonds is 6. The molecule has 2 N–H and O–H groups in total. The zero-order valence-corrected chi connectivity index (χ0v) is 16.5. The zero-order chi connectivity index (χ0) is 20.3. The van der Waals surface area contributed by atoms with E-state index in [0.29, 0.717) is 10.5 Å². The van der Waals surface area contributed by atoms with Crippen molar-refractivity contribution in [3.05, 3.63) is 64.6 Å². The number of carboxylic acid groups (broad SMARTS) is 1. The van der Waals surface area contributed by atoms with Crippen LogP contribution in [0.15, 0.2) is 53.4 Å². The van der Waals surface area contributed by atoms with Crippen LogP contribution in [0.1, 0.15) is 11.1 Å². The standard InChI is InChI=1S/C20H17NO5S2/c1-26-16-10-13(7-8-15(16)22)11-17-18(23)21(20(27)28-17)14(19(24)25)9-12-5-3-2-4-6-12/h2-8,10-11,14,22H,9H2,1H3,(H,24,25)/b17-11+. The van der Waals surface area contributed by atoms with E-state index in [1.807, 2.05) is 30.3 Å². The third-order valence-corrected chi connectivity index (χ3v) is 5.52. The van der Waals surface area contributed by atoms with Crippen LogP contribution in [0, 0.1) is 0 Å². The molecule has 0 aromatic heterocycles. The normalized spacial score (nSPS) is 16.5. The molecule has 1 saturated heterocycles. The summed E-state index contributed by atoms with van der Waals surface area (Å²) in [6.07, 6.45) is 1.76. The van der Waals surface area contributed by atoms with Gasteiger partial charge in [-0.25, -0.2) is 4.79 Å². The summed E-state index contributed by atoms with van der Waals surface area (Å²) in [6.45, 7) is 0. The second-order valence-electron chi connectivity index (χ2n) is 6.03. The molecule has 28 heavy (non-hydrogen) atoms. The number of nitrogens with zero attached hydrogens (tertiary/aromatic N) is 1. The van der Waals surface area contributed by atoms with Crippen LogP contribution in [0.25, 0.3) is 6.08 Å². The van der Waals surface area contributed by atoms with E-state index in [2.05, 4.69) is 0 Å². The van der Waals surface area contributed by atoms with E-state index in [0.717, 1.165) is 22.2 Å². The minimum atomic E-state index is -1.12. The van der Waals surface area contributed by atoms with Crippen molar-refractivity contribution in [3.8, 4) is 11.5 Å². The molecule has 1 aliphatic heterocycles. The van der Waals surface area contributed by atoms with Crippen molar-refractivity contribution >= 4 is 46.3 Å². The number of amides is 1. The molecule has 1 heterocycles. The van der Waals surface area contributed by atoms with E-state index in [1.165, 1.54) is 13.2 Å². The van der Waals surface area contributed by atoms with Gasteiger partial charge >= 0.3 is 5.97 Å². The second kappa shape index (κ2) is 8.45. The number of thiocarbonyl (C=S) groups is 1. The first-order valence-electron chi connectivity index (χ1n) is 8.31. The molecule has 0 saturated carbocycles. The van der Waals surface area contributed by atoms with Crippen molar-refractivity contribution in [2.45, 2.75) is 12.5 Å². The molecule has 0 bridgehead atoms. The van der Waals surface area contributed by atoms with Crippen molar-refractivity contribution in [2.75, 3.05) is 7.11 Å². The maximum absolute atomic E-state index is 12.9. The van der Waals surface area contributed by atoms with Gasteiger partial charge in [-0.3, -0.25) is 9.69 Å². The van der Waals surface area contributed by atoms with Crippen molar-refractivity contribution in [3.63, 3.8) is 0 Å². The number of carbonyl (C=O) groups is 2. The Balaban J connectivity index is 1.88. The Kier molecular flexibility index (Phi) is 6.01. The van der Waals surface area contributed by atoms with Crippen LogP contribution >= 0.6 is 24.0 Å². The molecular formula is C20H17NO5S2. The van der Waals surface area contributed by atoms with Crippen LogP contribution in [-0.2, 0) is 16.0 Å². The van der Waals surface area contributed by atoms with Crippen LogP contribution in [0.4, 0.5) is 0 Å². The lowest BCUT2D eigenvalue weighted by molar-refractivity contribution is -0.145. The fraction of sp³-hybridized carbons (Fsp3) is 0.150. The number of aromatic hydroxyl groups is 1. The molecule has 1 atom stereocenters. The largest absolute Gasteiger partial charge is 0.504 e. The summed E-state index contributed by atoms with van der Waals surface area (Å²) in [5.74, 6) is -1.31. The fourth-order valence-corrected chi connectivity index (χ4v) is 4.17. The molecule has 0 radical (unpaired) electrons. The average Bonchev–Trinajstić information content (AvgIpc) is 2.95. The number of phenolic OH excluding ortho intramolecular Hbond substituents is 1. The van der Waals surface area contributed by atoms with Crippen LogP contribution in [0.3, 0.4) is 0 Å². The van der Waals surface area contributed by atoms with Gasteiger partial charge in [0, 0.05) is 6.42 Å². The molecular weight excluding hydrogens is 398 g/mol. The van der Waals surface area contributed by atoms with Gasteiger partial charge in [-0.15, -0.1) is 0 Å². The Hall–Kier alpha value is -2.84. The highest BCUT2D eigenvalue weighted by Gasteiger charge is 2.40. The smallest absolute Gasteiger partial charge is 0.327 e. The van der Waals surface area contributed by atoms with Gasteiger partial charge in [0.2, 0.25) is 0 Å². The number of aliphatic carboxylic acids is 1. The van der Waals surface area contributed by atoms with E-state index in [4.69, 9.17) is 17.0 Å². The van der Waals surface area contributed by atoms with Crippen molar-refractivity contribution < 1.29 is 24.5 Å². The Bertz CT molecular complexity index is 958. The van der Waals surface area contributed by atoms with Crippen LogP contribution in [0.5, 0.6) is 11.5 Å². The lowest BCUT2D eigenvalue weighted by atomic mass is 10.0. The summed E-state index contributed by atoms with van der Waals surface area (Å²) in [7, 11) is 1.43. The number of hydrogen-bond acceptors (Lipinski definition) is 6. The molecule has 6 nitrogen and oxygen atoms in total. The molecule has 3 rings (SSSR count). The third kappa shape index (κ3) is 4.18. The van der Waals surface area contributed by atoms with Gasteiger partial charge in [-0.1, -0.05) is 60.4 Å². The van der Waals surface area contributed by atoms with Gasteiger partial charge in [0.15, 0.2) is 11.5 Å². The van der Waals surface area contributed by atoms with E-state index < -0.39 is 17.9 Å². The average molecular weight is 415 g/mol. The molecule has 2 aromatic rings. The minimum Gasteiger partial charge on any atom is -0.504 e. The van der Waals surface area contributed by atoms with E-state index in [1.54, 1.807) is 18.2 Å². The summed E-state index contributed by atoms with van der Waals surface area (Å²) >= 11 is 6.34. The Morgan fingerprint density at radius 3 is 2.64 bits per heavy atom. The number of hydrogen-bond donors (Lipinski definition) is 2. The van der Waals surface area contributed by atoms with E-state index >= 15 is 0 Å². The lowest BCUT2D eigenvalue weighted by Crippen LogP contribution is -2.45. The molecule has 1 aliphatic rings. The highest BCUT2D eigenvalue weighted by molar-refractivity contribution is 8.26. The number of ether oxygens (including phenoxy) is 1. The van der Waals surface area contributed by atoms with Crippen molar-refractivity contribution in [1.82, 2.24) is 4.90 Å². The molecule has 0 aliphatic carbocycles. The predicted octanol–water partition coefficient (Wildman–Crippen LogP) is 3.30. The Morgan fingerprint density at radius 1 is 1.29 bits per heavy atom. The predicted molar refractivity (Wildman–Crippen MR) is 111 cm³/mol. The lowest BCUT2D eigenvalue weighted by Gasteiger charge is -2.23. The third-order valence-electron chi connectivity index (χ3n) is 4.19.